The van der Waals surface area contributed by atoms with E-state index in [1.54, 1.807) is 6.92 Å². The van der Waals surface area contributed by atoms with Gasteiger partial charge in [0.25, 0.3) is 0 Å². The zero-order valence-electron chi connectivity index (χ0n) is 13.1. The van der Waals surface area contributed by atoms with Gasteiger partial charge in [-0.1, -0.05) is 12.1 Å². The van der Waals surface area contributed by atoms with Crippen LogP contribution in [0.5, 0.6) is 0 Å². The average molecular weight is 342 g/mol. The molecule has 1 fully saturated rings. The lowest BCUT2D eigenvalue weighted by molar-refractivity contribution is -0.137. The highest BCUT2D eigenvalue weighted by atomic mass is 19.4. The topological polar surface area (TPSA) is 44.8 Å². The predicted molar refractivity (Wildman–Crippen MR) is 80.0 cm³/mol. The number of likely N-dealkylation sites (tertiary alicyclic amines) is 1. The molecule has 0 saturated carbocycles. The number of H-pyrrole nitrogens is 1. The molecule has 4 nitrogen and oxygen atoms in total. The first-order valence-electron chi connectivity index (χ1n) is 7.70. The molecule has 2 aromatic rings. The number of benzene rings is 1. The normalized spacial score (nSPS) is 22.2. The van der Waals surface area contributed by atoms with Gasteiger partial charge in [-0.15, -0.1) is 0 Å². The molecule has 1 aliphatic rings. The fourth-order valence-corrected chi connectivity index (χ4v) is 3.12. The molecule has 0 amide bonds. The highest BCUT2D eigenvalue weighted by molar-refractivity contribution is 5.24. The van der Waals surface area contributed by atoms with Crippen LogP contribution >= 0.6 is 0 Å². The summed E-state index contributed by atoms with van der Waals surface area (Å²) in [5.74, 6) is 0.984. The van der Waals surface area contributed by atoms with Crippen molar-refractivity contribution in [1.82, 2.24) is 20.1 Å². The van der Waals surface area contributed by atoms with Crippen molar-refractivity contribution in [1.29, 1.82) is 0 Å². The van der Waals surface area contributed by atoms with E-state index in [0.717, 1.165) is 17.7 Å². The maximum absolute atomic E-state index is 13.3. The number of nitrogens with one attached hydrogen (secondary N) is 1. The van der Waals surface area contributed by atoms with Gasteiger partial charge in [0.2, 0.25) is 0 Å². The molecule has 1 aromatic heterocycles. The van der Waals surface area contributed by atoms with E-state index in [1.807, 2.05) is 4.90 Å². The summed E-state index contributed by atoms with van der Waals surface area (Å²) in [5, 5.41) is 6.89. The summed E-state index contributed by atoms with van der Waals surface area (Å²) in [4.78, 5) is 6.32. The van der Waals surface area contributed by atoms with Crippen molar-refractivity contribution < 1.29 is 17.6 Å². The molecule has 1 aliphatic heterocycles. The van der Waals surface area contributed by atoms with Gasteiger partial charge in [-0.2, -0.15) is 18.3 Å². The van der Waals surface area contributed by atoms with Crippen LogP contribution in [0.25, 0.3) is 0 Å². The lowest BCUT2D eigenvalue weighted by Gasteiger charge is -2.16. The van der Waals surface area contributed by atoms with Crippen LogP contribution in [-0.4, -0.2) is 39.8 Å². The molecule has 0 unspecified atom stereocenters. The van der Waals surface area contributed by atoms with Crippen LogP contribution in [0.1, 0.15) is 28.7 Å². The SMILES string of the molecule is Cc1nc([C@@H]2CN(Cc3ccc(C(F)(F)F)cc3)C[C@H]2CF)n[nH]1. The third kappa shape index (κ3) is 3.58. The zero-order chi connectivity index (χ0) is 17.3. The van der Waals surface area contributed by atoms with Crippen molar-refractivity contribution in [2.75, 3.05) is 19.8 Å². The molecule has 1 aromatic carbocycles. The molecule has 24 heavy (non-hydrogen) atoms. The summed E-state index contributed by atoms with van der Waals surface area (Å²) < 4.78 is 51.1. The van der Waals surface area contributed by atoms with Gasteiger partial charge in [0, 0.05) is 31.5 Å². The lowest BCUT2D eigenvalue weighted by atomic mass is 9.97. The van der Waals surface area contributed by atoms with Crippen molar-refractivity contribution >= 4 is 0 Å². The minimum Gasteiger partial charge on any atom is -0.298 e. The molecular formula is C16H18F4N4. The third-order valence-electron chi connectivity index (χ3n) is 4.35. The van der Waals surface area contributed by atoms with Crippen molar-refractivity contribution in [2.45, 2.75) is 25.6 Å². The number of aromatic amines is 1. The molecular weight excluding hydrogens is 324 g/mol. The Morgan fingerprint density at radius 1 is 1.21 bits per heavy atom. The summed E-state index contributed by atoms with van der Waals surface area (Å²) in [6.45, 7) is 2.93. The number of nitrogens with zero attached hydrogens (tertiary/aromatic N) is 3. The van der Waals surface area contributed by atoms with E-state index >= 15 is 0 Å². The van der Waals surface area contributed by atoms with Gasteiger partial charge in [0.15, 0.2) is 5.82 Å². The Labute approximate surface area is 136 Å². The minimum atomic E-state index is -4.33. The Morgan fingerprint density at radius 3 is 2.46 bits per heavy atom. The fourth-order valence-electron chi connectivity index (χ4n) is 3.12. The summed E-state index contributed by atoms with van der Waals surface area (Å²) in [5.41, 5.74) is 0.107. The molecule has 0 aliphatic carbocycles. The maximum atomic E-state index is 13.3. The van der Waals surface area contributed by atoms with Crippen LogP contribution in [0.4, 0.5) is 17.6 Å². The van der Waals surface area contributed by atoms with Crippen LogP contribution in [0.3, 0.4) is 0 Å². The van der Waals surface area contributed by atoms with Gasteiger partial charge in [-0.05, 0) is 24.6 Å². The van der Waals surface area contributed by atoms with Crippen molar-refractivity contribution in [3.63, 3.8) is 0 Å². The lowest BCUT2D eigenvalue weighted by Crippen LogP contribution is -2.20. The Morgan fingerprint density at radius 2 is 1.92 bits per heavy atom. The highest BCUT2D eigenvalue weighted by Gasteiger charge is 2.36. The quantitative estimate of drug-likeness (QED) is 0.867. The maximum Gasteiger partial charge on any atom is 0.416 e. The van der Waals surface area contributed by atoms with Gasteiger partial charge in [0.05, 0.1) is 12.2 Å². The first kappa shape index (κ1) is 16.9. The van der Waals surface area contributed by atoms with E-state index < -0.39 is 18.4 Å². The van der Waals surface area contributed by atoms with E-state index in [1.165, 1.54) is 12.1 Å². The number of rotatable bonds is 4. The Balaban J connectivity index is 1.68. The van der Waals surface area contributed by atoms with Gasteiger partial charge in [0.1, 0.15) is 5.82 Å². The molecule has 3 rings (SSSR count). The van der Waals surface area contributed by atoms with Gasteiger partial charge in [-0.25, -0.2) is 4.98 Å². The number of halogens is 4. The molecule has 0 spiro atoms. The molecule has 0 bridgehead atoms. The molecule has 1 saturated heterocycles. The molecule has 8 heteroatoms. The highest BCUT2D eigenvalue weighted by Crippen LogP contribution is 2.33. The van der Waals surface area contributed by atoms with E-state index in [2.05, 4.69) is 15.2 Å². The Kier molecular flexibility index (Phi) is 4.58. The first-order chi connectivity index (χ1) is 11.4. The number of hydrogen-bond acceptors (Lipinski definition) is 3. The molecule has 1 N–H and O–H groups in total. The summed E-state index contributed by atoms with van der Waals surface area (Å²) >= 11 is 0. The minimum absolute atomic E-state index is 0.102. The number of aromatic nitrogens is 3. The first-order valence-corrected chi connectivity index (χ1v) is 7.70. The van der Waals surface area contributed by atoms with Crippen molar-refractivity contribution in [3.05, 3.63) is 47.0 Å². The average Bonchev–Trinajstić information content (AvgIpc) is 3.13. The third-order valence-corrected chi connectivity index (χ3v) is 4.35. The molecule has 130 valence electrons. The second kappa shape index (κ2) is 6.51. The van der Waals surface area contributed by atoms with Crippen LogP contribution in [0.15, 0.2) is 24.3 Å². The number of hydrogen-bond donors (Lipinski definition) is 1. The molecule has 2 heterocycles. The van der Waals surface area contributed by atoms with Crippen LogP contribution < -0.4 is 0 Å². The van der Waals surface area contributed by atoms with Crippen molar-refractivity contribution in [3.8, 4) is 0 Å². The van der Waals surface area contributed by atoms with E-state index in [0.29, 0.717) is 31.3 Å². The second-order valence-electron chi connectivity index (χ2n) is 6.19. The molecule has 0 radical (unpaired) electrons. The largest absolute Gasteiger partial charge is 0.416 e. The van der Waals surface area contributed by atoms with Gasteiger partial charge < -0.3 is 0 Å². The number of alkyl halides is 4. The zero-order valence-corrected chi connectivity index (χ0v) is 13.1. The monoisotopic (exact) mass is 342 g/mol. The van der Waals surface area contributed by atoms with Gasteiger partial charge in [-0.3, -0.25) is 14.4 Å². The van der Waals surface area contributed by atoms with E-state index in [-0.39, 0.29) is 11.8 Å². The van der Waals surface area contributed by atoms with E-state index in [4.69, 9.17) is 0 Å². The summed E-state index contributed by atoms with van der Waals surface area (Å²) in [6.07, 6.45) is -4.33. The standard InChI is InChI=1S/C16H18F4N4/c1-10-21-15(23-22-10)14-9-24(8-12(14)6-17)7-11-2-4-13(5-3-11)16(18,19)20/h2-5,12,14H,6-9H2,1H3,(H,21,22,23)/t12-,14-/m1/s1. The predicted octanol–water partition coefficient (Wildman–Crippen LogP) is 3.32. The fraction of sp³-hybridized carbons (Fsp3) is 0.500. The van der Waals surface area contributed by atoms with Crippen LogP contribution in [0, 0.1) is 12.8 Å². The van der Waals surface area contributed by atoms with E-state index in [9.17, 15) is 17.6 Å². The van der Waals surface area contributed by atoms with Crippen LogP contribution in [-0.2, 0) is 12.7 Å². The second-order valence-corrected chi connectivity index (χ2v) is 6.19. The Hall–Kier alpha value is -1.96. The number of aryl methyl sites for hydroxylation is 1. The Bertz CT molecular complexity index is 680. The summed E-state index contributed by atoms with van der Waals surface area (Å²) in [7, 11) is 0. The summed E-state index contributed by atoms with van der Waals surface area (Å²) in [6, 6.07) is 5.09. The molecule has 2 atom stereocenters. The van der Waals surface area contributed by atoms with Crippen LogP contribution in [0.2, 0.25) is 0 Å². The smallest absolute Gasteiger partial charge is 0.298 e. The van der Waals surface area contributed by atoms with Crippen molar-refractivity contribution in [2.24, 2.45) is 5.92 Å². The van der Waals surface area contributed by atoms with Gasteiger partial charge >= 0.3 is 6.18 Å².